The van der Waals surface area contributed by atoms with Crippen LogP contribution >= 0.6 is 0 Å². The lowest BCUT2D eigenvalue weighted by Crippen LogP contribution is -2.39. The van der Waals surface area contributed by atoms with Gasteiger partial charge in [-0.2, -0.15) is 5.26 Å². The monoisotopic (exact) mass is 235 g/mol. The van der Waals surface area contributed by atoms with Gasteiger partial charge in [-0.15, -0.1) is 0 Å². The largest absolute Gasteiger partial charge is 0.313 e. The Balaban J connectivity index is 1.82. The van der Waals surface area contributed by atoms with Crippen molar-refractivity contribution >= 4 is 11.8 Å². The Morgan fingerprint density at radius 3 is 2.53 bits per heavy atom. The molecule has 1 aliphatic carbocycles. The molecule has 5 nitrogen and oxygen atoms in total. The third-order valence-electron chi connectivity index (χ3n) is 3.82. The van der Waals surface area contributed by atoms with Gasteiger partial charge in [0.25, 0.3) is 0 Å². The molecular formula is C12H17N3O2. The highest BCUT2D eigenvalue weighted by atomic mass is 16.2. The fourth-order valence-corrected chi connectivity index (χ4v) is 2.33. The molecule has 1 heterocycles. The van der Waals surface area contributed by atoms with Crippen LogP contribution in [0.15, 0.2) is 0 Å². The quantitative estimate of drug-likeness (QED) is 0.699. The van der Waals surface area contributed by atoms with Crippen molar-refractivity contribution in [3.63, 3.8) is 0 Å². The van der Waals surface area contributed by atoms with Gasteiger partial charge in [0.15, 0.2) is 0 Å². The van der Waals surface area contributed by atoms with Crippen LogP contribution in [0.5, 0.6) is 0 Å². The van der Waals surface area contributed by atoms with Crippen LogP contribution in [-0.4, -0.2) is 28.8 Å². The number of nitriles is 1. The van der Waals surface area contributed by atoms with Crippen molar-refractivity contribution in [1.82, 2.24) is 4.90 Å². The highest BCUT2D eigenvalue weighted by Gasteiger charge is 2.58. The summed E-state index contributed by atoms with van der Waals surface area (Å²) in [5, 5.41) is 8.91. The zero-order valence-corrected chi connectivity index (χ0v) is 9.98. The van der Waals surface area contributed by atoms with Gasteiger partial charge < -0.3 is 5.73 Å². The maximum absolute atomic E-state index is 11.7. The predicted octanol–water partition coefficient (Wildman–Crippen LogP) is 0.403. The summed E-state index contributed by atoms with van der Waals surface area (Å²) in [4.78, 5) is 24.7. The van der Waals surface area contributed by atoms with Gasteiger partial charge in [-0.05, 0) is 25.7 Å². The molecule has 1 saturated carbocycles. The minimum Gasteiger partial charge on any atom is -0.313 e. The van der Waals surface area contributed by atoms with Crippen molar-refractivity contribution in [3.05, 3.63) is 0 Å². The fraction of sp³-hybridized carbons (Fsp3) is 0.750. The first-order valence-corrected chi connectivity index (χ1v) is 6.08. The van der Waals surface area contributed by atoms with E-state index in [0.717, 1.165) is 6.42 Å². The lowest BCUT2D eigenvalue weighted by atomic mass is 9.93. The topological polar surface area (TPSA) is 87.2 Å². The second-order valence-electron chi connectivity index (χ2n) is 5.00. The molecule has 0 bridgehead atoms. The number of rotatable bonds is 5. The molecule has 0 spiro atoms. The van der Waals surface area contributed by atoms with Crippen molar-refractivity contribution < 1.29 is 9.59 Å². The summed E-state index contributed by atoms with van der Waals surface area (Å²) in [7, 11) is 0. The number of carbonyl (C=O) groups is 2. The maximum atomic E-state index is 11.7. The van der Waals surface area contributed by atoms with E-state index < -0.39 is 5.54 Å². The molecular weight excluding hydrogens is 218 g/mol. The Bertz CT molecular complexity index is 381. The Hall–Kier alpha value is -1.41. The van der Waals surface area contributed by atoms with Crippen LogP contribution in [0.25, 0.3) is 0 Å². The van der Waals surface area contributed by atoms with Gasteiger partial charge in [0.1, 0.15) is 5.54 Å². The molecule has 1 aliphatic heterocycles. The van der Waals surface area contributed by atoms with E-state index >= 15 is 0 Å². The number of carbonyl (C=O) groups excluding carboxylic acids is 2. The molecule has 0 radical (unpaired) electrons. The number of nitrogens with zero attached hydrogens (tertiary/aromatic N) is 2. The predicted molar refractivity (Wildman–Crippen MR) is 60.4 cm³/mol. The van der Waals surface area contributed by atoms with Crippen molar-refractivity contribution in [2.45, 2.75) is 38.1 Å². The summed E-state index contributed by atoms with van der Waals surface area (Å²) in [6, 6.07) is 2.08. The van der Waals surface area contributed by atoms with Gasteiger partial charge in [0.2, 0.25) is 11.8 Å². The lowest BCUT2D eigenvalue weighted by molar-refractivity contribution is -0.141. The number of nitrogens with two attached hydrogens (primary N) is 1. The van der Waals surface area contributed by atoms with Crippen LogP contribution in [0.2, 0.25) is 0 Å². The van der Waals surface area contributed by atoms with E-state index in [2.05, 4.69) is 6.07 Å². The molecule has 3 atom stereocenters. The van der Waals surface area contributed by atoms with E-state index in [-0.39, 0.29) is 23.7 Å². The Kier molecular flexibility index (Phi) is 2.92. The maximum Gasteiger partial charge on any atom is 0.233 e. The van der Waals surface area contributed by atoms with Crippen molar-refractivity contribution in [2.75, 3.05) is 6.54 Å². The first kappa shape index (κ1) is 12.1. The Labute approximate surface area is 101 Å². The lowest BCUT2D eigenvalue weighted by Gasteiger charge is -2.21. The third kappa shape index (κ3) is 2.05. The number of piperidine rings is 1. The number of likely N-dealkylation sites (tertiary alicyclic amines) is 1. The van der Waals surface area contributed by atoms with E-state index in [0.29, 0.717) is 25.8 Å². The molecule has 2 aliphatic rings. The van der Waals surface area contributed by atoms with Crippen LogP contribution in [0, 0.1) is 23.2 Å². The summed E-state index contributed by atoms with van der Waals surface area (Å²) in [5.41, 5.74) is 5.01. The van der Waals surface area contributed by atoms with E-state index in [1.807, 2.05) is 6.92 Å². The average Bonchev–Trinajstić information content (AvgIpc) is 3.08. The highest BCUT2D eigenvalue weighted by Crippen LogP contribution is 2.46. The van der Waals surface area contributed by atoms with Gasteiger partial charge in [-0.3, -0.25) is 14.5 Å². The summed E-state index contributed by atoms with van der Waals surface area (Å²) in [6.07, 6.45) is 2.44. The molecule has 1 saturated heterocycles. The van der Waals surface area contributed by atoms with Crippen LogP contribution in [-0.2, 0) is 9.59 Å². The van der Waals surface area contributed by atoms with Crippen LogP contribution in [0.3, 0.4) is 0 Å². The van der Waals surface area contributed by atoms with E-state index in [4.69, 9.17) is 11.0 Å². The second kappa shape index (κ2) is 4.11. The number of hydrogen-bond donors (Lipinski definition) is 1. The van der Waals surface area contributed by atoms with Gasteiger partial charge in [-0.25, -0.2) is 0 Å². The number of hydrogen-bond acceptors (Lipinski definition) is 4. The summed E-state index contributed by atoms with van der Waals surface area (Å²) in [6.45, 7) is 2.27. The highest BCUT2D eigenvalue weighted by molar-refractivity contribution is 6.08. The third-order valence-corrected chi connectivity index (χ3v) is 3.82. The van der Waals surface area contributed by atoms with Gasteiger partial charge >= 0.3 is 0 Å². The Morgan fingerprint density at radius 2 is 2.06 bits per heavy atom. The summed E-state index contributed by atoms with van der Waals surface area (Å²) in [5.74, 6) is -0.133. The first-order chi connectivity index (χ1) is 8.02. The fourth-order valence-electron chi connectivity index (χ4n) is 2.33. The zero-order valence-electron chi connectivity index (χ0n) is 9.98. The molecule has 0 aromatic heterocycles. The summed E-state index contributed by atoms with van der Waals surface area (Å²) < 4.78 is 0. The van der Waals surface area contributed by atoms with Gasteiger partial charge in [-0.1, -0.05) is 6.92 Å². The van der Waals surface area contributed by atoms with E-state index in [1.165, 1.54) is 4.90 Å². The van der Waals surface area contributed by atoms with Gasteiger partial charge in [0, 0.05) is 6.54 Å². The number of fused-ring (bicyclic) bond motifs is 1. The van der Waals surface area contributed by atoms with Crippen molar-refractivity contribution in [3.8, 4) is 6.07 Å². The first-order valence-electron chi connectivity index (χ1n) is 6.08. The molecule has 5 heteroatoms. The second-order valence-corrected chi connectivity index (χ2v) is 5.00. The van der Waals surface area contributed by atoms with Crippen LogP contribution in [0.1, 0.15) is 32.6 Å². The van der Waals surface area contributed by atoms with Crippen molar-refractivity contribution in [2.24, 2.45) is 17.6 Å². The standard InChI is InChI=1S/C12H17N3O2/c1-2-12(14,7-13)4-3-5-15-10(16)8-6-9(8)11(15)17/h8-9H,2-6,14H2,1H3. The number of amides is 2. The minimum absolute atomic E-state index is 0.0314. The van der Waals surface area contributed by atoms with Crippen LogP contribution < -0.4 is 5.73 Å². The molecule has 17 heavy (non-hydrogen) atoms. The molecule has 2 N–H and O–H groups in total. The molecule has 2 rings (SSSR count). The smallest absolute Gasteiger partial charge is 0.233 e. The normalized spacial score (nSPS) is 29.8. The number of imide groups is 1. The van der Waals surface area contributed by atoms with Crippen molar-refractivity contribution in [1.29, 1.82) is 5.26 Å². The van der Waals surface area contributed by atoms with Crippen LogP contribution in [0.4, 0.5) is 0 Å². The molecule has 0 aromatic carbocycles. The molecule has 3 unspecified atom stereocenters. The Morgan fingerprint density at radius 1 is 1.47 bits per heavy atom. The SMILES string of the molecule is CCC(N)(C#N)CCCN1C(=O)C2CC2C1=O. The molecule has 2 fully saturated rings. The zero-order chi connectivity index (χ0) is 12.6. The summed E-state index contributed by atoms with van der Waals surface area (Å²) >= 11 is 0. The molecule has 2 amide bonds. The molecule has 92 valence electrons. The minimum atomic E-state index is -0.825. The van der Waals surface area contributed by atoms with Gasteiger partial charge in [0.05, 0.1) is 17.9 Å². The molecule has 0 aromatic rings. The van der Waals surface area contributed by atoms with E-state index in [1.54, 1.807) is 0 Å². The average molecular weight is 235 g/mol. The van der Waals surface area contributed by atoms with E-state index in [9.17, 15) is 9.59 Å².